The zero-order valence-electron chi connectivity index (χ0n) is 15.5. The van der Waals surface area contributed by atoms with Crippen LogP contribution in [0.3, 0.4) is 0 Å². The molecule has 7 heteroatoms. The topological polar surface area (TPSA) is 87.2 Å². The Balaban J connectivity index is 2.08. The predicted molar refractivity (Wildman–Crippen MR) is 96.3 cm³/mol. The van der Waals surface area contributed by atoms with Crippen LogP contribution in [-0.2, 0) is 9.59 Å². The normalized spacial score (nSPS) is 17.3. The summed E-state index contributed by atoms with van der Waals surface area (Å²) >= 11 is 0. The van der Waals surface area contributed by atoms with Gasteiger partial charge in [0.1, 0.15) is 12.3 Å². The Morgan fingerprint density at radius 1 is 1.27 bits per heavy atom. The summed E-state index contributed by atoms with van der Waals surface area (Å²) < 4.78 is 5.29. The number of benzene rings is 1. The van der Waals surface area contributed by atoms with E-state index in [1.54, 1.807) is 24.1 Å². The molecular formula is C19H26N2O5. The number of rotatable bonds is 5. The Labute approximate surface area is 153 Å². The highest BCUT2D eigenvalue weighted by Gasteiger charge is 2.28. The number of carboxylic acid groups (broad SMARTS) is 1. The number of ether oxygens (including phenoxy) is 1. The van der Waals surface area contributed by atoms with Crippen LogP contribution in [0.5, 0.6) is 5.75 Å². The largest absolute Gasteiger partial charge is 0.496 e. The van der Waals surface area contributed by atoms with Crippen LogP contribution in [0.15, 0.2) is 18.2 Å². The van der Waals surface area contributed by atoms with Gasteiger partial charge in [0, 0.05) is 31.6 Å². The van der Waals surface area contributed by atoms with E-state index < -0.39 is 5.97 Å². The molecule has 1 heterocycles. The van der Waals surface area contributed by atoms with Crippen molar-refractivity contribution in [1.82, 2.24) is 9.80 Å². The Morgan fingerprint density at radius 3 is 2.62 bits per heavy atom. The standard InChI is InChI=1S/C19H26N2O5/c1-13-6-7-15(11-17(13)26-3)19(25)20-9-4-5-16(8-10-20)21(14(2)22)12-18(23)24/h6-7,11,16H,4-5,8-10,12H2,1-3H3,(H,23,24). The molecule has 0 spiro atoms. The summed E-state index contributed by atoms with van der Waals surface area (Å²) in [7, 11) is 1.58. The highest BCUT2D eigenvalue weighted by atomic mass is 16.5. The number of carbonyl (C=O) groups is 3. The van der Waals surface area contributed by atoms with E-state index in [9.17, 15) is 14.4 Å². The molecule has 0 bridgehead atoms. The Kier molecular flexibility index (Phi) is 6.60. The van der Waals surface area contributed by atoms with Gasteiger partial charge in [-0.25, -0.2) is 0 Å². The third-order valence-corrected chi connectivity index (χ3v) is 4.79. The zero-order chi connectivity index (χ0) is 19.3. The molecule has 1 aliphatic heterocycles. The van der Waals surface area contributed by atoms with Crippen LogP contribution in [0, 0.1) is 6.92 Å². The second kappa shape index (κ2) is 8.69. The molecule has 0 aliphatic carbocycles. The van der Waals surface area contributed by atoms with Gasteiger partial charge in [0.05, 0.1) is 7.11 Å². The lowest BCUT2D eigenvalue weighted by Gasteiger charge is -2.28. The second-order valence-electron chi connectivity index (χ2n) is 6.60. The van der Waals surface area contributed by atoms with Crippen LogP contribution >= 0.6 is 0 Å². The molecule has 0 radical (unpaired) electrons. The van der Waals surface area contributed by atoms with Crippen molar-refractivity contribution in [3.63, 3.8) is 0 Å². The molecule has 1 N–H and O–H groups in total. The molecule has 0 saturated carbocycles. The molecule has 1 unspecified atom stereocenters. The minimum Gasteiger partial charge on any atom is -0.496 e. The predicted octanol–water partition coefficient (Wildman–Crippen LogP) is 1.93. The molecule has 1 aromatic carbocycles. The van der Waals surface area contributed by atoms with E-state index in [0.717, 1.165) is 12.0 Å². The molecule has 7 nitrogen and oxygen atoms in total. The van der Waals surface area contributed by atoms with Crippen LogP contribution in [0.25, 0.3) is 0 Å². The highest BCUT2D eigenvalue weighted by molar-refractivity contribution is 5.94. The van der Waals surface area contributed by atoms with Gasteiger partial charge in [-0.2, -0.15) is 0 Å². The Hall–Kier alpha value is -2.57. The van der Waals surface area contributed by atoms with E-state index in [4.69, 9.17) is 9.84 Å². The molecule has 2 rings (SSSR count). The van der Waals surface area contributed by atoms with Gasteiger partial charge in [-0.1, -0.05) is 6.07 Å². The number of methoxy groups -OCH3 is 1. The summed E-state index contributed by atoms with van der Waals surface area (Å²) in [6.45, 7) is 4.08. The minimum absolute atomic E-state index is 0.0726. The lowest BCUT2D eigenvalue weighted by Crippen LogP contribution is -2.43. The second-order valence-corrected chi connectivity index (χ2v) is 6.60. The van der Waals surface area contributed by atoms with Crippen molar-refractivity contribution in [2.75, 3.05) is 26.7 Å². The van der Waals surface area contributed by atoms with Crippen LogP contribution < -0.4 is 4.74 Å². The highest BCUT2D eigenvalue weighted by Crippen LogP contribution is 2.22. The van der Waals surface area contributed by atoms with E-state index in [1.807, 2.05) is 13.0 Å². The van der Waals surface area contributed by atoms with Crippen molar-refractivity contribution in [1.29, 1.82) is 0 Å². The molecule has 1 atom stereocenters. The molecule has 0 aromatic heterocycles. The lowest BCUT2D eigenvalue weighted by molar-refractivity contribution is -0.145. The molecule has 142 valence electrons. The molecule has 1 aromatic rings. The molecule has 26 heavy (non-hydrogen) atoms. The van der Waals surface area contributed by atoms with E-state index in [1.165, 1.54) is 11.8 Å². The summed E-state index contributed by atoms with van der Waals surface area (Å²) in [5.41, 5.74) is 1.53. The number of aryl methyl sites for hydroxylation is 1. The maximum Gasteiger partial charge on any atom is 0.323 e. The van der Waals surface area contributed by atoms with Gasteiger partial charge in [0.25, 0.3) is 5.91 Å². The smallest absolute Gasteiger partial charge is 0.323 e. The van der Waals surface area contributed by atoms with Gasteiger partial charge >= 0.3 is 5.97 Å². The Morgan fingerprint density at radius 2 is 2.00 bits per heavy atom. The monoisotopic (exact) mass is 362 g/mol. The maximum absolute atomic E-state index is 12.8. The van der Waals surface area contributed by atoms with Crippen LogP contribution in [0.4, 0.5) is 0 Å². The summed E-state index contributed by atoms with van der Waals surface area (Å²) in [6.07, 6.45) is 1.98. The van der Waals surface area contributed by atoms with Gasteiger partial charge in [0.2, 0.25) is 5.91 Å². The van der Waals surface area contributed by atoms with Crippen molar-refractivity contribution < 1.29 is 24.2 Å². The van der Waals surface area contributed by atoms with Gasteiger partial charge in [-0.05, 0) is 43.9 Å². The van der Waals surface area contributed by atoms with Crippen molar-refractivity contribution in [2.45, 2.75) is 39.2 Å². The molecule has 2 amide bonds. The van der Waals surface area contributed by atoms with Crippen LogP contribution in [0.2, 0.25) is 0 Å². The number of likely N-dealkylation sites (tertiary alicyclic amines) is 1. The average molecular weight is 362 g/mol. The van der Waals surface area contributed by atoms with Gasteiger partial charge in [0.15, 0.2) is 0 Å². The first kappa shape index (κ1) is 19.8. The summed E-state index contributed by atoms with van der Waals surface area (Å²) in [5, 5.41) is 9.02. The van der Waals surface area contributed by atoms with E-state index in [2.05, 4.69) is 0 Å². The van der Waals surface area contributed by atoms with Crippen molar-refractivity contribution in [3.8, 4) is 5.75 Å². The summed E-state index contributed by atoms with van der Waals surface area (Å²) in [5.74, 6) is -0.672. The molecule has 1 saturated heterocycles. The quantitative estimate of drug-likeness (QED) is 0.865. The summed E-state index contributed by atoms with van der Waals surface area (Å²) in [4.78, 5) is 38.8. The van der Waals surface area contributed by atoms with Gasteiger partial charge in [-0.3, -0.25) is 14.4 Å². The molecule has 1 aliphatic rings. The number of hydrogen-bond donors (Lipinski definition) is 1. The molecular weight excluding hydrogens is 336 g/mol. The number of amides is 2. The van der Waals surface area contributed by atoms with E-state index in [-0.39, 0.29) is 24.4 Å². The number of hydrogen-bond acceptors (Lipinski definition) is 4. The molecule has 1 fully saturated rings. The lowest BCUT2D eigenvalue weighted by atomic mass is 10.1. The maximum atomic E-state index is 12.8. The average Bonchev–Trinajstić information content (AvgIpc) is 2.85. The van der Waals surface area contributed by atoms with Crippen LogP contribution in [-0.4, -0.2) is 65.5 Å². The van der Waals surface area contributed by atoms with Crippen molar-refractivity contribution in [2.24, 2.45) is 0 Å². The third-order valence-electron chi connectivity index (χ3n) is 4.79. The number of nitrogens with zero attached hydrogens (tertiary/aromatic N) is 2. The Bertz CT molecular complexity index is 689. The fraction of sp³-hybridized carbons (Fsp3) is 0.526. The fourth-order valence-corrected chi connectivity index (χ4v) is 3.37. The van der Waals surface area contributed by atoms with Crippen molar-refractivity contribution >= 4 is 17.8 Å². The third kappa shape index (κ3) is 4.74. The van der Waals surface area contributed by atoms with Crippen molar-refractivity contribution in [3.05, 3.63) is 29.3 Å². The fourth-order valence-electron chi connectivity index (χ4n) is 3.37. The zero-order valence-corrected chi connectivity index (χ0v) is 15.5. The van der Waals surface area contributed by atoms with Crippen LogP contribution in [0.1, 0.15) is 42.1 Å². The first-order valence-electron chi connectivity index (χ1n) is 8.76. The van der Waals surface area contributed by atoms with Gasteiger partial charge in [-0.15, -0.1) is 0 Å². The summed E-state index contributed by atoms with van der Waals surface area (Å²) in [6, 6.07) is 5.23. The van der Waals surface area contributed by atoms with Gasteiger partial charge < -0.3 is 19.6 Å². The first-order valence-corrected chi connectivity index (χ1v) is 8.76. The number of carbonyl (C=O) groups excluding carboxylic acids is 2. The number of carboxylic acids is 1. The first-order chi connectivity index (χ1) is 12.3. The van der Waals surface area contributed by atoms with E-state index >= 15 is 0 Å². The van der Waals surface area contributed by atoms with E-state index in [0.29, 0.717) is 37.2 Å². The number of aliphatic carboxylic acids is 1. The minimum atomic E-state index is -1.02. The SMILES string of the molecule is COc1cc(C(=O)N2CCCC(N(CC(=O)O)C(C)=O)CC2)ccc1C.